The van der Waals surface area contributed by atoms with Crippen LogP contribution in [0.4, 0.5) is 0 Å². The van der Waals surface area contributed by atoms with Crippen LogP contribution >= 0.6 is 27.5 Å². The van der Waals surface area contributed by atoms with Crippen LogP contribution in [0.1, 0.15) is 23.0 Å². The van der Waals surface area contributed by atoms with Gasteiger partial charge in [-0.25, -0.2) is 4.79 Å². The van der Waals surface area contributed by atoms with Crippen LogP contribution in [0.5, 0.6) is 0 Å². The Morgan fingerprint density at radius 1 is 1.15 bits per heavy atom. The number of ether oxygens (including phenoxy) is 1. The second-order valence-corrected chi connectivity index (χ2v) is 7.33. The van der Waals surface area contributed by atoms with E-state index in [9.17, 15) is 4.79 Å². The Bertz CT molecular complexity index is 961. The van der Waals surface area contributed by atoms with Gasteiger partial charge in [-0.05, 0) is 49.2 Å². The number of esters is 1. The lowest BCUT2D eigenvalue weighted by Gasteiger charge is -2.10. The summed E-state index contributed by atoms with van der Waals surface area (Å²) >= 11 is 9.58. The molecule has 1 aromatic heterocycles. The summed E-state index contributed by atoms with van der Waals surface area (Å²) in [6.07, 6.45) is 0. The maximum atomic E-state index is 12.7. The molecule has 0 saturated carbocycles. The van der Waals surface area contributed by atoms with Gasteiger partial charge in [0.15, 0.2) is 0 Å². The highest BCUT2D eigenvalue weighted by molar-refractivity contribution is 9.10. The van der Waals surface area contributed by atoms with Crippen molar-refractivity contribution in [1.29, 1.82) is 0 Å². The Kier molecular flexibility index (Phi) is 5.54. The molecule has 26 heavy (non-hydrogen) atoms. The van der Waals surface area contributed by atoms with Crippen LogP contribution < -0.4 is 0 Å². The molecule has 1 heterocycles. The van der Waals surface area contributed by atoms with Crippen molar-refractivity contribution in [3.8, 4) is 22.4 Å². The summed E-state index contributed by atoms with van der Waals surface area (Å²) in [6.45, 7) is 4.09. The molecule has 0 fully saturated rings. The number of hydrogen-bond donors (Lipinski definition) is 0. The third-order valence-corrected chi connectivity index (χ3v) is 5.14. The van der Waals surface area contributed by atoms with E-state index in [1.807, 2.05) is 74.0 Å². The number of benzene rings is 2. The van der Waals surface area contributed by atoms with Crippen LogP contribution in [-0.2, 0) is 11.8 Å². The summed E-state index contributed by atoms with van der Waals surface area (Å²) in [6, 6.07) is 15.6. The van der Waals surface area contributed by atoms with E-state index < -0.39 is 0 Å². The van der Waals surface area contributed by atoms with E-state index in [1.165, 1.54) is 0 Å². The van der Waals surface area contributed by atoms with Gasteiger partial charge >= 0.3 is 5.97 Å². The van der Waals surface area contributed by atoms with E-state index in [0.717, 1.165) is 32.6 Å². The van der Waals surface area contributed by atoms with Crippen LogP contribution in [0.3, 0.4) is 0 Å². The van der Waals surface area contributed by atoms with Gasteiger partial charge in [0, 0.05) is 27.8 Å². The van der Waals surface area contributed by atoms with Gasteiger partial charge in [-0.1, -0.05) is 51.8 Å². The second kappa shape index (κ2) is 7.68. The van der Waals surface area contributed by atoms with Crippen molar-refractivity contribution < 1.29 is 9.53 Å². The Morgan fingerprint density at radius 2 is 1.85 bits per heavy atom. The minimum atomic E-state index is -0.309. The Labute approximate surface area is 166 Å². The third kappa shape index (κ3) is 3.44. The molecule has 3 aromatic rings. The molecule has 0 atom stereocenters. The fourth-order valence-corrected chi connectivity index (χ4v) is 3.65. The van der Waals surface area contributed by atoms with Crippen LogP contribution in [0, 0.1) is 6.92 Å². The van der Waals surface area contributed by atoms with Crippen LogP contribution in [0.15, 0.2) is 53.0 Å². The van der Waals surface area contributed by atoms with Crippen LogP contribution in [-0.4, -0.2) is 17.1 Å². The van der Waals surface area contributed by atoms with Gasteiger partial charge in [-0.3, -0.25) is 0 Å². The number of nitrogens with zero attached hydrogens (tertiary/aromatic N) is 1. The SMILES string of the molecule is CCOC(=O)c1c(-c2cccc(Br)c2)c(-c2ccc(Cl)cc2)n(C)c1C. The maximum absolute atomic E-state index is 12.7. The smallest absolute Gasteiger partial charge is 0.340 e. The van der Waals surface area contributed by atoms with Gasteiger partial charge in [-0.15, -0.1) is 0 Å². The molecule has 0 N–H and O–H groups in total. The molecule has 0 aliphatic rings. The standard InChI is InChI=1S/C21H19BrClNO2/c1-4-26-21(25)18-13(2)24(3)20(14-8-10-17(23)11-9-14)19(18)15-6-5-7-16(22)12-15/h5-12H,4H2,1-3H3. The van der Waals surface area contributed by atoms with Gasteiger partial charge < -0.3 is 9.30 Å². The van der Waals surface area contributed by atoms with Crippen molar-refractivity contribution >= 4 is 33.5 Å². The molecule has 3 nitrogen and oxygen atoms in total. The van der Waals surface area contributed by atoms with Crippen LogP contribution in [0.25, 0.3) is 22.4 Å². The molecule has 0 radical (unpaired) electrons. The summed E-state index contributed by atoms with van der Waals surface area (Å²) in [7, 11) is 1.96. The van der Waals surface area contributed by atoms with Crippen molar-refractivity contribution in [2.75, 3.05) is 6.61 Å². The first-order valence-corrected chi connectivity index (χ1v) is 9.49. The number of hydrogen-bond acceptors (Lipinski definition) is 2. The van der Waals surface area contributed by atoms with Crippen molar-refractivity contribution in [1.82, 2.24) is 4.57 Å². The molecule has 2 aromatic carbocycles. The minimum absolute atomic E-state index is 0.309. The molecular formula is C21H19BrClNO2. The number of aromatic nitrogens is 1. The van der Waals surface area contributed by atoms with E-state index in [1.54, 1.807) is 0 Å². The lowest BCUT2D eigenvalue weighted by Crippen LogP contribution is -2.07. The molecule has 3 rings (SSSR count). The largest absolute Gasteiger partial charge is 0.462 e. The molecule has 0 aliphatic heterocycles. The summed E-state index contributed by atoms with van der Waals surface area (Å²) in [5, 5.41) is 0.675. The zero-order chi connectivity index (χ0) is 18.8. The number of halogens is 2. The predicted octanol–water partition coefficient (Wildman–Crippen LogP) is 6.26. The fraction of sp³-hybridized carbons (Fsp3) is 0.190. The van der Waals surface area contributed by atoms with E-state index in [4.69, 9.17) is 16.3 Å². The first kappa shape index (κ1) is 18.7. The average Bonchev–Trinajstić information content (AvgIpc) is 2.88. The zero-order valence-electron chi connectivity index (χ0n) is 14.8. The molecule has 0 bridgehead atoms. The summed E-state index contributed by atoms with van der Waals surface area (Å²) in [5.74, 6) is -0.309. The lowest BCUT2D eigenvalue weighted by atomic mass is 9.97. The quantitative estimate of drug-likeness (QED) is 0.456. The van der Waals surface area contributed by atoms with E-state index in [0.29, 0.717) is 17.2 Å². The molecule has 0 amide bonds. The predicted molar refractivity (Wildman–Crippen MR) is 110 cm³/mol. The molecule has 5 heteroatoms. The fourth-order valence-electron chi connectivity index (χ4n) is 3.13. The van der Waals surface area contributed by atoms with Crippen molar-refractivity contribution in [3.05, 3.63) is 69.3 Å². The monoisotopic (exact) mass is 431 g/mol. The summed E-state index contributed by atoms with van der Waals surface area (Å²) in [5.41, 5.74) is 5.23. The lowest BCUT2D eigenvalue weighted by molar-refractivity contribution is 0.0526. The Morgan fingerprint density at radius 3 is 2.46 bits per heavy atom. The summed E-state index contributed by atoms with van der Waals surface area (Å²) < 4.78 is 8.33. The normalized spacial score (nSPS) is 10.8. The van der Waals surface area contributed by atoms with E-state index in [-0.39, 0.29) is 5.97 Å². The van der Waals surface area contributed by atoms with Gasteiger partial charge in [0.2, 0.25) is 0 Å². The van der Waals surface area contributed by atoms with Crippen LogP contribution in [0.2, 0.25) is 5.02 Å². The topological polar surface area (TPSA) is 31.2 Å². The van der Waals surface area contributed by atoms with E-state index in [2.05, 4.69) is 15.9 Å². The van der Waals surface area contributed by atoms with Crippen molar-refractivity contribution in [3.63, 3.8) is 0 Å². The first-order chi connectivity index (χ1) is 12.4. The molecule has 0 saturated heterocycles. The molecule has 0 aliphatic carbocycles. The minimum Gasteiger partial charge on any atom is -0.462 e. The Hall–Kier alpha value is -2.04. The number of carbonyl (C=O) groups is 1. The number of carbonyl (C=O) groups excluding carboxylic acids is 1. The van der Waals surface area contributed by atoms with Gasteiger partial charge in [0.25, 0.3) is 0 Å². The first-order valence-electron chi connectivity index (χ1n) is 8.32. The third-order valence-electron chi connectivity index (χ3n) is 4.40. The van der Waals surface area contributed by atoms with Gasteiger partial charge in [-0.2, -0.15) is 0 Å². The summed E-state index contributed by atoms with van der Waals surface area (Å²) in [4.78, 5) is 12.7. The highest BCUT2D eigenvalue weighted by Gasteiger charge is 2.26. The molecule has 0 unspecified atom stereocenters. The zero-order valence-corrected chi connectivity index (χ0v) is 17.2. The second-order valence-electron chi connectivity index (χ2n) is 5.98. The van der Waals surface area contributed by atoms with Crippen molar-refractivity contribution in [2.24, 2.45) is 7.05 Å². The maximum Gasteiger partial charge on any atom is 0.340 e. The number of rotatable bonds is 4. The van der Waals surface area contributed by atoms with Crippen molar-refractivity contribution in [2.45, 2.75) is 13.8 Å². The van der Waals surface area contributed by atoms with E-state index >= 15 is 0 Å². The molecule has 0 spiro atoms. The average molecular weight is 433 g/mol. The molecular weight excluding hydrogens is 414 g/mol. The molecule has 134 valence electrons. The highest BCUT2D eigenvalue weighted by atomic mass is 79.9. The Balaban J connectivity index is 2.34. The van der Waals surface area contributed by atoms with Gasteiger partial charge in [0.05, 0.1) is 17.9 Å². The van der Waals surface area contributed by atoms with Gasteiger partial charge in [0.1, 0.15) is 0 Å². The highest BCUT2D eigenvalue weighted by Crippen LogP contribution is 2.40.